The lowest BCUT2D eigenvalue weighted by Crippen LogP contribution is -1.86. The van der Waals surface area contributed by atoms with Gasteiger partial charge in [0, 0.05) is 17.4 Å². The maximum atomic E-state index is 5.56. The monoisotopic (exact) mass is 236 g/mol. The standard InChI is InChI=1S/C8H7N.C8H9N/c1-2-4-8-7(3-1)5-6-9-8;1-2-7-5-3-4-6-8(7)9/h1-6,9H;2-6H,1,9H2. The first-order valence-corrected chi connectivity index (χ1v) is 5.80. The molecule has 0 atom stereocenters. The van der Waals surface area contributed by atoms with Gasteiger partial charge in [-0.1, -0.05) is 49.1 Å². The minimum atomic E-state index is 0.785. The Morgan fingerprint density at radius 2 is 1.67 bits per heavy atom. The van der Waals surface area contributed by atoms with Gasteiger partial charge >= 0.3 is 0 Å². The second-order valence-corrected chi connectivity index (χ2v) is 3.90. The Balaban J connectivity index is 0.000000134. The number of H-pyrrole nitrogens is 1. The van der Waals surface area contributed by atoms with E-state index in [-0.39, 0.29) is 0 Å². The molecule has 2 heteroatoms. The van der Waals surface area contributed by atoms with Crippen LogP contribution in [0.15, 0.2) is 67.4 Å². The number of aromatic nitrogens is 1. The number of nitrogens with one attached hydrogen (secondary N) is 1. The van der Waals surface area contributed by atoms with E-state index in [4.69, 9.17) is 5.73 Å². The molecule has 0 bridgehead atoms. The average Bonchev–Trinajstić information content (AvgIpc) is 2.88. The van der Waals surface area contributed by atoms with Crippen molar-refractivity contribution in [2.75, 3.05) is 5.73 Å². The summed E-state index contributed by atoms with van der Waals surface area (Å²) in [6.07, 6.45) is 3.69. The predicted octanol–water partition coefficient (Wildman–Crippen LogP) is 4.08. The molecular formula is C16H16N2. The molecule has 0 amide bonds. The third kappa shape index (κ3) is 2.80. The lowest BCUT2D eigenvalue weighted by Gasteiger charge is -1.95. The van der Waals surface area contributed by atoms with Crippen LogP contribution in [0, 0.1) is 0 Å². The lowest BCUT2D eigenvalue weighted by atomic mass is 10.2. The molecule has 0 radical (unpaired) electrons. The topological polar surface area (TPSA) is 41.8 Å². The highest BCUT2D eigenvalue weighted by molar-refractivity contribution is 5.78. The van der Waals surface area contributed by atoms with E-state index in [1.807, 2.05) is 42.6 Å². The summed E-state index contributed by atoms with van der Waals surface area (Å²) in [5.74, 6) is 0. The van der Waals surface area contributed by atoms with Crippen LogP contribution in [-0.2, 0) is 0 Å². The molecule has 0 unspecified atom stereocenters. The SMILES string of the molecule is C=Cc1ccccc1N.c1ccc2[nH]ccc2c1. The zero-order chi connectivity index (χ0) is 12.8. The summed E-state index contributed by atoms with van der Waals surface area (Å²) < 4.78 is 0. The minimum absolute atomic E-state index is 0.785. The van der Waals surface area contributed by atoms with Crippen LogP contribution >= 0.6 is 0 Å². The summed E-state index contributed by atoms with van der Waals surface area (Å²) in [5, 5.41) is 1.28. The predicted molar refractivity (Wildman–Crippen MR) is 79.2 cm³/mol. The van der Waals surface area contributed by atoms with E-state index in [0.717, 1.165) is 11.3 Å². The lowest BCUT2D eigenvalue weighted by molar-refractivity contribution is 1.48. The molecule has 0 saturated carbocycles. The molecule has 2 aromatic carbocycles. The average molecular weight is 236 g/mol. The Hall–Kier alpha value is -2.48. The quantitative estimate of drug-likeness (QED) is 0.614. The van der Waals surface area contributed by atoms with E-state index in [1.54, 1.807) is 6.08 Å². The summed E-state index contributed by atoms with van der Waals surface area (Å²) in [5.41, 5.74) is 8.55. The van der Waals surface area contributed by atoms with Crippen LogP contribution in [0.1, 0.15) is 5.56 Å². The summed E-state index contributed by atoms with van der Waals surface area (Å²) in [4.78, 5) is 3.12. The number of fused-ring (bicyclic) bond motifs is 1. The molecule has 3 N–H and O–H groups in total. The molecular weight excluding hydrogens is 220 g/mol. The second-order valence-electron chi connectivity index (χ2n) is 3.90. The largest absolute Gasteiger partial charge is 0.398 e. The smallest absolute Gasteiger partial charge is 0.0453 e. The molecule has 3 aromatic rings. The van der Waals surface area contributed by atoms with Gasteiger partial charge in [-0.15, -0.1) is 0 Å². The maximum absolute atomic E-state index is 5.56. The van der Waals surface area contributed by atoms with Gasteiger partial charge in [0.1, 0.15) is 0 Å². The van der Waals surface area contributed by atoms with Gasteiger partial charge in [0.25, 0.3) is 0 Å². The molecule has 2 nitrogen and oxygen atoms in total. The summed E-state index contributed by atoms with van der Waals surface area (Å²) in [6.45, 7) is 3.61. The molecule has 18 heavy (non-hydrogen) atoms. The Kier molecular flexibility index (Phi) is 3.82. The van der Waals surface area contributed by atoms with Crippen molar-refractivity contribution >= 4 is 22.7 Å². The maximum Gasteiger partial charge on any atom is 0.0453 e. The van der Waals surface area contributed by atoms with Crippen LogP contribution in [0.25, 0.3) is 17.0 Å². The Bertz CT molecular complexity index is 608. The van der Waals surface area contributed by atoms with Crippen LogP contribution in [0.3, 0.4) is 0 Å². The zero-order valence-corrected chi connectivity index (χ0v) is 10.1. The molecule has 0 spiro atoms. The summed E-state index contributed by atoms with van der Waals surface area (Å²) in [7, 11) is 0. The fraction of sp³-hybridized carbons (Fsp3) is 0. The highest BCUT2D eigenvalue weighted by Gasteiger charge is 1.87. The summed E-state index contributed by atoms with van der Waals surface area (Å²) in [6, 6.07) is 17.9. The van der Waals surface area contributed by atoms with Crippen molar-refractivity contribution in [3.63, 3.8) is 0 Å². The van der Waals surface area contributed by atoms with Gasteiger partial charge in [-0.3, -0.25) is 0 Å². The molecule has 0 fully saturated rings. The van der Waals surface area contributed by atoms with Crippen LogP contribution in [0.5, 0.6) is 0 Å². The second kappa shape index (κ2) is 5.73. The number of rotatable bonds is 1. The Labute approximate surface area is 107 Å². The van der Waals surface area contributed by atoms with Crippen molar-refractivity contribution in [3.8, 4) is 0 Å². The van der Waals surface area contributed by atoms with E-state index >= 15 is 0 Å². The number of para-hydroxylation sites is 2. The summed E-state index contributed by atoms with van der Waals surface area (Å²) >= 11 is 0. The number of aromatic amines is 1. The van der Waals surface area contributed by atoms with Gasteiger partial charge in [-0.05, 0) is 29.1 Å². The fourth-order valence-corrected chi connectivity index (χ4v) is 1.69. The number of anilines is 1. The van der Waals surface area contributed by atoms with Gasteiger partial charge in [0.05, 0.1) is 0 Å². The minimum Gasteiger partial charge on any atom is -0.398 e. The molecule has 0 aliphatic heterocycles. The van der Waals surface area contributed by atoms with Gasteiger partial charge in [0.2, 0.25) is 0 Å². The molecule has 90 valence electrons. The molecule has 0 aliphatic rings. The number of benzene rings is 2. The number of nitrogen functional groups attached to an aromatic ring is 1. The van der Waals surface area contributed by atoms with E-state index in [9.17, 15) is 0 Å². The van der Waals surface area contributed by atoms with Gasteiger partial charge in [-0.2, -0.15) is 0 Å². The van der Waals surface area contributed by atoms with Gasteiger partial charge in [-0.25, -0.2) is 0 Å². The third-order valence-corrected chi connectivity index (χ3v) is 2.68. The van der Waals surface area contributed by atoms with E-state index < -0.39 is 0 Å². The first kappa shape index (κ1) is 12.0. The fourth-order valence-electron chi connectivity index (χ4n) is 1.69. The van der Waals surface area contributed by atoms with Crippen molar-refractivity contribution in [2.24, 2.45) is 0 Å². The molecule has 1 heterocycles. The normalized spacial score (nSPS) is 9.56. The molecule has 0 aliphatic carbocycles. The number of nitrogens with two attached hydrogens (primary N) is 1. The highest BCUT2D eigenvalue weighted by Crippen LogP contribution is 2.10. The van der Waals surface area contributed by atoms with Crippen molar-refractivity contribution in [1.29, 1.82) is 0 Å². The van der Waals surface area contributed by atoms with Crippen LogP contribution in [0.2, 0.25) is 0 Å². The number of hydrogen-bond acceptors (Lipinski definition) is 1. The first-order valence-electron chi connectivity index (χ1n) is 5.80. The van der Waals surface area contributed by atoms with Crippen molar-refractivity contribution < 1.29 is 0 Å². The number of hydrogen-bond donors (Lipinski definition) is 2. The molecule has 0 saturated heterocycles. The third-order valence-electron chi connectivity index (χ3n) is 2.68. The van der Waals surface area contributed by atoms with E-state index in [1.165, 1.54) is 10.9 Å². The van der Waals surface area contributed by atoms with Gasteiger partial charge in [0.15, 0.2) is 0 Å². The van der Waals surface area contributed by atoms with Crippen LogP contribution < -0.4 is 5.73 Å². The van der Waals surface area contributed by atoms with Crippen molar-refractivity contribution in [2.45, 2.75) is 0 Å². The zero-order valence-electron chi connectivity index (χ0n) is 10.1. The van der Waals surface area contributed by atoms with Crippen LogP contribution in [-0.4, -0.2) is 4.98 Å². The van der Waals surface area contributed by atoms with Crippen LogP contribution in [0.4, 0.5) is 5.69 Å². The van der Waals surface area contributed by atoms with E-state index in [0.29, 0.717) is 0 Å². The highest BCUT2D eigenvalue weighted by atomic mass is 14.7. The first-order chi connectivity index (χ1) is 8.81. The van der Waals surface area contributed by atoms with Crippen molar-refractivity contribution in [3.05, 3.63) is 72.9 Å². The Morgan fingerprint density at radius 3 is 2.33 bits per heavy atom. The molecule has 1 aromatic heterocycles. The van der Waals surface area contributed by atoms with Crippen molar-refractivity contribution in [1.82, 2.24) is 4.98 Å². The van der Waals surface area contributed by atoms with Gasteiger partial charge < -0.3 is 10.7 Å². The molecule has 3 rings (SSSR count). The van der Waals surface area contributed by atoms with E-state index in [2.05, 4.69) is 29.8 Å². The Morgan fingerprint density at radius 1 is 0.944 bits per heavy atom.